The second-order valence-electron chi connectivity index (χ2n) is 4.62. The van der Waals surface area contributed by atoms with Gasteiger partial charge >= 0.3 is 0 Å². The first-order valence-corrected chi connectivity index (χ1v) is 6.29. The minimum atomic E-state index is -0.0187. The second kappa shape index (κ2) is 5.65. The van der Waals surface area contributed by atoms with Crippen molar-refractivity contribution in [3.05, 3.63) is 53.1 Å². The average molecular weight is 270 g/mol. The predicted octanol–water partition coefficient (Wildman–Crippen LogP) is 3.39. The van der Waals surface area contributed by atoms with Gasteiger partial charge in [-0.3, -0.25) is 5.41 Å². The topological polar surface area (TPSA) is 68.3 Å². The summed E-state index contributed by atoms with van der Waals surface area (Å²) in [5, 5.41) is 7.64. The predicted molar refractivity (Wildman–Crippen MR) is 80.0 cm³/mol. The highest BCUT2D eigenvalue weighted by molar-refractivity contribution is 5.98. The van der Waals surface area contributed by atoms with Gasteiger partial charge < -0.3 is 15.2 Å². The number of benzene rings is 2. The lowest BCUT2D eigenvalue weighted by Crippen LogP contribution is -2.13. The third-order valence-corrected chi connectivity index (χ3v) is 3.03. The van der Waals surface area contributed by atoms with E-state index in [9.17, 15) is 0 Å². The molecule has 20 heavy (non-hydrogen) atoms. The van der Waals surface area contributed by atoms with E-state index in [0.29, 0.717) is 22.8 Å². The van der Waals surface area contributed by atoms with E-state index >= 15 is 0 Å². The molecule has 2 aromatic rings. The lowest BCUT2D eigenvalue weighted by atomic mass is 10.1. The molecule has 2 aromatic carbocycles. The number of para-hydroxylation sites is 1. The van der Waals surface area contributed by atoms with Crippen LogP contribution in [-0.2, 0) is 0 Å². The van der Waals surface area contributed by atoms with Crippen molar-refractivity contribution in [2.45, 2.75) is 13.8 Å². The van der Waals surface area contributed by atoms with Crippen molar-refractivity contribution in [3.8, 4) is 17.2 Å². The number of amidine groups is 1. The number of nitrogen functional groups attached to an aromatic ring is 1. The van der Waals surface area contributed by atoms with E-state index in [1.807, 2.05) is 44.2 Å². The van der Waals surface area contributed by atoms with Crippen LogP contribution >= 0.6 is 0 Å². The van der Waals surface area contributed by atoms with Gasteiger partial charge in [-0.2, -0.15) is 0 Å². The molecule has 104 valence electrons. The SMILES string of the molecule is COc1cc(C)ccc1Oc1c(C)cccc1C(=N)N. The Morgan fingerprint density at radius 1 is 1.10 bits per heavy atom. The third-order valence-electron chi connectivity index (χ3n) is 3.03. The van der Waals surface area contributed by atoms with Crippen molar-refractivity contribution in [3.63, 3.8) is 0 Å². The Bertz CT molecular complexity index is 651. The zero-order valence-electron chi connectivity index (χ0n) is 11.9. The molecule has 0 amide bonds. The van der Waals surface area contributed by atoms with Gasteiger partial charge in [0.05, 0.1) is 12.7 Å². The Morgan fingerprint density at radius 2 is 1.85 bits per heavy atom. The first-order valence-electron chi connectivity index (χ1n) is 6.29. The highest BCUT2D eigenvalue weighted by atomic mass is 16.5. The van der Waals surface area contributed by atoms with E-state index in [1.165, 1.54) is 0 Å². The molecular formula is C16H18N2O2. The van der Waals surface area contributed by atoms with Crippen molar-refractivity contribution >= 4 is 5.84 Å². The van der Waals surface area contributed by atoms with Gasteiger partial charge in [0.15, 0.2) is 11.5 Å². The van der Waals surface area contributed by atoms with Gasteiger partial charge in [0, 0.05) is 0 Å². The van der Waals surface area contributed by atoms with E-state index in [2.05, 4.69) is 0 Å². The summed E-state index contributed by atoms with van der Waals surface area (Å²) in [5.41, 5.74) is 8.19. The van der Waals surface area contributed by atoms with E-state index in [0.717, 1.165) is 11.1 Å². The highest BCUT2D eigenvalue weighted by Crippen LogP contribution is 2.35. The largest absolute Gasteiger partial charge is 0.493 e. The molecular weight excluding hydrogens is 252 g/mol. The molecule has 0 aliphatic rings. The van der Waals surface area contributed by atoms with E-state index < -0.39 is 0 Å². The maximum absolute atomic E-state index is 7.64. The monoisotopic (exact) mass is 270 g/mol. The molecule has 2 rings (SSSR count). The van der Waals surface area contributed by atoms with Crippen LogP contribution in [0.25, 0.3) is 0 Å². The van der Waals surface area contributed by atoms with E-state index in [-0.39, 0.29) is 5.84 Å². The maximum atomic E-state index is 7.64. The fourth-order valence-corrected chi connectivity index (χ4v) is 1.97. The molecule has 3 N–H and O–H groups in total. The minimum Gasteiger partial charge on any atom is -0.493 e. The van der Waals surface area contributed by atoms with Crippen LogP contribution in [0, 0.1) is 19.3 Å². The van der Waals surface area contributed by atoms with E-state index in [1.54, 1.807) is 13.2 Å². The summed E-state index contributed by atoms with van der Waals surface area (Å²) >= 11 is 0. The normalized spacial score (nSPS) is 10.2. The first kappa shape index (κ1) is 13.9. The molecule has 0 aromatic heterocycles. The van der Waals surface area contributed by atoms with E-state index in [4.69, 9.17) is 20.6 Å². The second-order valence-corrected chi connectivity index (χ2v) is 4.62. The number of ether oxygens (including phenoxy) is 2. The van der Waals surface area contributed by atoms with Crippen LogP contribution in [0.15, 0.2) is 36.4 Å². The van der Waals surface area contributed by atoms with Crippen LogP contribution < -0.4 is 15.2 Å². The molecule has 0 heterocycles. The zero-order chi connectivity index (χ0) is 14.7. The number of aryl methyl sites for hydroxylation is 2. The number of hydrogen-bond acceptors (Lipinski definition) is 3. The van der Waals surface area contributed by atoms with Crippen LogP contribution in [0.1, 0.15) is 16.7 Å². The van der Waals surface area contributed by atoms with Crippen molar-refractivity contribution in [1.82, 2.24) is 0 Å². The standard InChI is InChI=1S/C16H18N2O2/c1-10-7-8-13(14(9-10)19-3)20-15-11(2)5-4-6-12(15)16(17)18/h4-9H,1-3H3,(H3,17,18). The molecule has 0 atom stereocenters. The van der Waals surface area contributed by atoms with Crippen LogP contribution in [0.2, 0.25) is 0 Å². The molecule has 0 saturated heterocycles. The Kier molecular flexibility index (Phi) is 3.94. The Hall–Kier alpha value is -2.49. The number of nitrogens with two attached hydrogens (primary N) is 1. The van der Waals surface area contributed by atoms with Gasteiger partial charge in [0.25, 0.3) is 0 Å². The number of rotatable bonds is 4. The third kappa shape index (κ3) is 2.74. The fraction of sp³-hybridized carbons (Fsp3) is 0.188. The number of nitrogens with one attached hydrogen (secondary N) is 1. The van der Waals surface area contributed by atoms with Crippen LogP contribution in [0.4, 0.5) is 0 Å². The lowest BCUT2D eigenvalue weighted by molar-refractivity contribution is 0.377. The van der Waals surface area contributed by atoms with Crippen LogP contribution in [0.5, 0.6) is 17.2 Å². The van der Waals surface area contributed by atoms with Gasteiger partial charge in [-0.05, 0) is 43.2 Å². The summed E-state index contributed by atoms with van der Waals surface area (Å²) < 4.78 is 11.3. The molecule has 0 unspecified atom stereocenters. The Labute approximate surface area is 118 Å². The van der Waals surface area contributed by atoms with Crippen molar-refractivity contribution in [2.75, 3.05) is 7.11 Å². The minimum absolute atomic E-state index is 0.0187. The summed E-state index contributed by atoms with van der Waals surface area (Å²) in [7, 11) is 1.60. The van der Waals surface area contributed by atoms with Crippen LogP contribution in [0.3, 0.4) is 0 Å². The molecule has 0 spiro atoms. The number of hydrogen-bond donors (Lipinski definition) is 2. The number of methoxy groups -OCH3 is 1. The molecule has 0 aliphatic carbocycles. The quantitative estimate of drug-likeness (QED) is 0.661. The van der Waals surface area contributed by atoms with Crippen molar-refractivity contribution in [2.24, 2.45) is 5.73 Å². The van der Waals surface area contributed by atoms with Gasteiger partial charge in [-0.15, -0.1) is 0 Å². The molecule has 0 aliphatic heterocycles. The zero-order valence-corrected chi connectivity index (χ0v) is 11.9. The van der Waals surface area contributed by atoms with Gasteiger partial charge in [-0.25, -0.2) is 0 Å². The lowest BCUT2D eigenvalue weighted by Gasteiger charge is -2.15. The fourth-order valence-electron chi connectivity index (χ4n) is 1.97. The van der Waals surface area contributed by atoms with Gasteiger partial charge in [0.2, 0.25) is 0 Å². The first-order chi connectivity index (χ1) is 9.52. The molecule has 0 saturated carbocycles. The van der Waals surface area contributed by atoms with Gasteiger partial charge in [-0.1, -0.05) is 18.2 Å². The van der Waals surface area contributed by atoms with Crippen LogP contribution in [-0.4, -0.2) is 12.9 Å². The summed E-state index contributed by atoms with van der Waals surface area (Å²) in [6.45, 7) is 3.91. The average Bonchev–Trinajstić information content (AvgIpc) is 2.42. The molecule has 4 nitrogen and oxygen atoms in total. The highest BCUT2D eigenvalue weighted by Gasteiger charge is 2.13. The summed E-state index contributed by atoms with van der Waals surface area (Å²) in [6.07, 6.45) is 0. The maximum Gasteiger partial charge on any atom is 0.169 e. The summed E-state index contributed by atoms with van der Waals surface area (Å²) in [6, 6.07) is 11.2. The van der Waals surface area contributed by atoms with Gasteiger partial charge in [0.1, 0.15) is 11.6 Å². The molecule has 0 radical (unpaired) electrons. The van der Waals surface area contributed by atoms with Crippen molar-refractivity contribution in [1.29, 1.82) is 5.41 Å². The smallest absolute Gasteiger partial charge is 0.169 e. The summed E-state index contributed by atoms with van der Waals surface area (Å²) in [5.74, 6) is 1.83. The molecule has 4 heteroatoms. The molecule has 0 fully saturated rings. The Balaban J connectivity index is 2.47. The Morgan fingerprint density at radius 3 is 2.50 bits per heavy atom. The molecule has 0 bridgehead atoms. The van der Waals surface area contributed by atoms with Crippen molar-refractivity contribution < 1.29 is 9.47 Å². The summed E-state index contributed by atoms with van der Waals surface area (Å²) in [4.78, 5) is 0.